The standard InChI is InChI=1S/C27H22BrNO7/c1-16-26(36-19-9-7-18(28)8-10-19)25(31)21-12-11-20(14-23(21)35-16)34-15-24(30)29-22(27(32)33)13-17-5-3-2-4-6-17/h2-12,14,22H,13,15H2,1H3,(H,29,30)(H,32,33)/t22-/m0/s1. The first-order valence-corrected chi connectivity index (χ1v) is 11.8. The van der Waals surface area contributed by atoms with Gasteiger partial charge in [-0.05, 0) is 48.9 Å². The van der Waals surface area contributed by atoms with E-state index in [4.69, 9.17) is 13.9 Å². The highest BCUT2D eigenvalue weighted by molar-refractivity contribution is 9.10. The lowest BCUT2D eigenvalue weighted by atomic mass is 10.1. The van der Waals surface area contributed by atoms with Crippen LogP contribution >= 0.6 is 15.9 Å². The molecular weight excluding hydrogens is 530 g/mol. The molecule has 0 aliphatic carbocycles. The molecule has 0 saturated heterocycles. The Labute approximate surface area is 214 Å². The normalized spacial score (nSPS) is 11.6. The second-order valence-electron chi connectivity index (χ2n) is 7.97. The Bertz CT molecular complexity index is 1450. The maximum atomic E-state index is 13.0. The van der Waals surface area contributed by atoms with Gasteiger partial charge >= 0.3 is 5.97 Å². The number of carboxylic acid groups (broad SMARTS) is 1. The van der Waals surface area contributed by atoms with E-state index >= 15 is 0 Å². The lowest BCUT2D eigenvalue weighted by Gasteiger charge is -2.15. The fraction of sp³-hybridized carbons (Fsp3) is 0.148. The molecule has 1 amide bonds. The summed E-state index contributed by atoms with van der Waals surface area (Å²) in [5.74, 6) is -0.584. The number of halogens is 1. The zero-order valence-corrected chi connectivity index (χ0v) is 20.8. The van der Waals surface area contributed by atoms with Crippen molar-refractivity contribution in [1.82, 2.24) is 5.32 Å². The van der Waals surface area contributed by atoms with Gasteiger partial charge in [0.15, 0.2) is 6.61 Å². The van der Waals surface area contributed by atoms with E-state index in [2.05, 4.69) is 21.2 Å². The largest absolute Gasteiger partial charge is 0.484 e. The third-order valence-corrected chi connectivity index (χ3v) is 5.83. The Morgan fingerprint density at radius 3 is 2.42 bits per heavy atom. The maximum Gasteiger partial charge on any atom is 0.326 e. The monoisotopic (exact) mass is 551 g/mol. The van der Waals surface area contributed by atoms with Crippen LogP contribution < -0.4 is 20.2 Å². The highest BCUT2D eigenvalue weighted by atomic mass is 79.9. The molecule has 0 unspecified atom stereocenters. The highest BCUT2D eigenvalue weighted by Gasteiger charge is 2.21. The average Bonchev–Trinajstić information content (AvgIpc) is 2.86. The minimum Gasteiger partial charge on any atom is -0.484 e. The molecule has 0 aliphatic heterocycles. The maximum absolute atomic E-state index is 13.0. The van der Waals surface area contributed by atoms with Crippen molar-refractivity contribution in [3.8, 4) is 17.2 Å². The van der Waals surface area contributed by atoms with Crippen molar-refractivity contribution >= 4 is 38.8 Å². The molecule has 1 heterocycles. The topological polar surface area (TPSA) is 115 Å². The van der Waals surface area contributed by atoms with Crippen LogP contribution in [-0.2, 0) is 16.0 Å². The Kier molecular flexibility index (Phi) is 7.70. The van der Waals surface area contributed by atoms with Gasteiger partial charge in [0.1, 0.15) is 28.9 Å². The van der Waals surface area contributed by atoms with Gasteiger partial charge in [-0.25, -0.2) is 4.79 Å². The van der Waals surface area contributed by atoms with Gasteiger partial charge in [-0.1, -0.05) is 46.3 Å². The molecule has 3 aromatic carbocycles. The number of benzene rings is 3. The SMILES string of the molecule is Cc1oc2cc(OCC(=O)N[C@@H](Cc3ccccc3)C(=O)O)ccc2c(=O)c1Oc1ccc(Br)cc1. The van der Waals surface area contributed by atoms with Gasteiger partial charge in [0, 0.05) is 17.0 Å². The van der Waals surface area contributed by atoms with E-state index in [-0.39, 0.29) is 34.7 Å². The van der Waals surface area contributed by atoms with Crippen LogP contribution in [-0.4, -0.2) is 29.6 Å². The van der Waals surface area contributed by atoms with Crippen LogP contribution in [0.2, 0.25) is 0 Å². The fourth-order valence-corrected chi connectivity index (χ4v) is 3.80. The summed E-state index contributed by atoms with van der Waals surface area (Å²) >= 11 is 3.35. The number of aliphatic carboxylic acids is 1. The molecule has 36 heavy (non-hydrogen) atoms. The van der Waals surface area contributed by atoms with Gasteiger partial charge < -0.3 is 24.3 Å². The second-order valence-corrected chi connectivity index (χ2v) is 8.88. The van der Waals surface area contributed by atoms with E-state index in [1.54, 1.807) is 55.5 Å². The lowest BCUT2D eigenvalue weighted by molar-refractivity contribution is -0.142. The highest BCUT2D eigenvalue weighted by Crippen LogP contribution is 2.28. The first-order valence-electron chi connectivity index (χ1n) is 11.0. The molecule has 0 saturated carbocycles. The van der Waals surface area contributed by atoms with Gasteiger partial charge in [-0.3, -0.25) is 9.59 Å². The summed E-state index contributed by atoms with van der Waals surface area (Å²) in [6, 6.07) is 19.5. The van der Waals surface area contributed by atoms with E-state index in [1.165, 1.54) is 18.2 Å². The molecule has 0 fully saturated rings. The number of aryl methyl sites for hydroxylation is 1. The molecule has 9 heteroatoms. The summed E-state index contributed by atoms with van der Waals surface area (Å²) in [4.78, 5) is 36.9. The van der Waals surface area contributed by atoms with Crippen LogP contribution in [0.1, 0.15) is 11.3 Å². The third kappa shape index (κ3) is 6.11. The quantitative estimate of drug-likeness (QED) is 0.305. The van der Waals surface area contributed by atoms with Gasteiger partial charge in [0.05, 0.1) is 5.39 Å². The van der Waals surface area contributed by atoms with Crippen LogP contribution in [0, 0.1) is 6.92 Å². The Balaban J connectivity index is 1.44. The van der Waals surface area contributed by atoms with Gasteiger partial charge in [-0.2, -0.15) is 0 Å². The molecule has 4 aromatic rings. The van der Waals surface area contributed by atoms with E-state index in [0.29, 0.717) is 11.1 Å². The van der Waals surface area contributed by atoms with Crippen molar-refractivity contribution in [1.29, 1.82) is 0 Å². The molecule has 0 aliphatic rings. The molecule has 184 valence electrons. The first kappa shape index (κ1) is 25.0. The zero-order chi connectivity index (χ0) is 25.7. The van der Waals surface area contributed by atoms with E-state index < -0.39 is 24.5 Å². The van der Waals surface area contributed by atoms with Crippen LogP contribution in [0.15, 0.2) is 86.5 Å². The molecule has 2 N–H and O–H groups in total. The van der Waals surface area contributed by atoms with Gasteiger partial charge in [0.2, 0.25) is 11.2 Å². The van der Waals surface area contributed by atoms with Crippen molar-refractivity contribution in [2.45, 2.75) is 19.4 Å². The number of carboxylic acids is 1. The van der Waals surface area contributed by atoms with Gasteiger partial charge in [0.25, 0.3) is 5.91 Å². The number of nitrogens with one attached hydrogen (secondary N) is 1. The van der Waals surface area contributed by atoms with E-state index in [1.807, 2.05) is 6.07 Å². The number of hydrogen-bond donors (Lipinski definition) is 2. The van der Waals surface area contributed by atoms with Crippen molar-refractivity contribution in [2.75, 3.05) is 6.61 Å². The fourth-order valence-electron chi connectivity index (χ4n) is 3.53. The smallest absolute Gasteiger partial charge is 0.326 e. The first-order chi connectivity index (χ1) is 17.3. The summed E-state index contributed by atoms with van der Waals surface area (Å²) in [5.41, 5.74) is 0.715. The Morgan fingerprint density at radius 1 is 1.03 bits per heavy atom. The third-order valence-electron chi connectivity index (χ3n) is 5.31. The minimum absolute atomic E-state index is 0.0796. The number of carbonyl (C=O) groups excluding carboxylic acids is 1. The van der Waals surface area contributed by atoms with Crippen molar-refractivity contribution in [3.05, 3.63) is 98.8 Å². The Hall–Kier alpha value is -4.11. The Morgan fingerprint density at radius 2 is 1.72 bits per heavy atom. The molecule has 0 spiro atoms. The van der Waals surface area contributed by atoms with Crippen molar-refractivity contribution in [2.24, 2.45) is 0 Å². The predicted octanol–water partition coefficient (Wildman–Crippen LogP) is 4.85. The van der Waals surface area contributed by atoms with E-state index in [9.17, 15) is 19.5 Å². The summed E-state index contributed by atoms with van der Waals surface area (Å²) in [6.07, 6.45) is 0.146. The lowest BCUT2D eigenvalue weighted by Crippen LogP contribution is -2.44. The summed E-state index contributed by atoms with van der Waals surface area (Å²) in [5, 5.41) is 12.2. The molecular formula is C27H22BrNO7. The predicted molar refractivity (Wildman–Crippen MR) is 137 cm³/mol. The minimum atomic E-state index is -1.14. The molecule has 1 atom stereocenters. The molecule has 4 rings (SSSR count). The van der Waals surface area contributed by atoms with Gasteiger partial charge in [-0.15, -0.1) is 0 Å². The molecule has 0 radical (unpaired) electrons. The van der Waals surface area contributed by atoms with Crippen LogP contribution in [0.4, 0.5) is 0 Å². The van der Waals surface area contributed by atoms with Crippen LogP contribution in [0.5, 0.6) is 17.2 Å². The molecule has 8 nitrogen and oxygen atoms in total. The number of carbonyl (C=O) groups is 2. The number of fused-ring (bicyclic) bond motifs is 1. The summed E-state index contributed by atoms with van der Waals surface area (Å²) in [6.45, 7) is 1.22. The molecule has 0 bridgehead atoms. The number of ether oxygens (including phenoxy) is 2. The zero-order valence-electron chi connectivity index (χ0n) is 19.2. The van der Waals surface area contributed by atoms with Crippen LogP contribution in [0.3, 0.4) is 0 Å². The average molecular weight is 552 g/mol. The second kappa shape index (κ2) is 11.1. The van der Waals surface area contributed by atoms with E-state index in [0.717, 1.165) is 10.0 Å². The summed E-state index contributed by atoms with van der Waals surface area (Å²) < 4.78 is 17.9. The number of hydrogen-bond acceptors (Lipinski definition) is 6. The van der Waals surface area contributed by atoms with Crippen molar-refractivity contribution < 1.29 is 28.6 Å². The van der Waals surface area contributed by atoms with Crippen LogP contribution in [0.25, 0.3) is 11.0 Å². The molecule has 1 aromatic heterocycles. The number of amides is 1. The van der Waals surface area contributed by atoms with Crippen molar-refractivity contribution in [3.63, 3.8) is 0 Å². The number of rotatable bonds is 9. The summed E-state index contributed by atoms with van der Waals surface area (Å²) in [7, 11) is 0.